The Labute approximate surface area is 219 Å². The number of hydrogen-bond acceptors (Lipinski definition) is 4. The minimum atomic E-state index is 1.02. The second-order valence-corrected chi connectivity index (χ2v) is 12.1. The molecule has 172 valence electrons. The van der Waals surface area contributed by atoms with Crippen molar-refractivity contribution < 1.29 is 0 Å². The summed E-state index contributed by atoms with van der Waals surface area (Å²) >= 11 is 5.44. The van der Waals surface area contributed by atoms with Crippen molar-refractivity contribution in [2.45, 2.75) is 0 Å². The Balaban J connectivity index is 1.42. The summed E-state index contributed by atoms with van der Waals surface area (Å²) in [6.45, 7) is 0. The summed E-state index contributed by atoms with van der Waals surface area (Å²) in [5.74, 6) is 0. The lowest BCUT2D eigenvalue weighted by Crippen LogP contribution is -1.94. The Morgan fingerprint density at radius 2 is 1.64 bits per heavy atom. The zero-order valence-electron chi connectivity index (χ0n) is 19.3. The summed E-state index contributed by atoms with van der Waals surface area (Å²) in [6, 6.07) is 24.7. The van der Waals surface area contributed by atoms with Crippen molar-refractivity contribution in [3.8, 4) is 28.1 Å². The van der Waals surface area contributed by atoms with Crippen LogP contribution in [0.25, 0.3) is 69.4 Å². The highest BCUT2D eigenvalue weighted by Gasteiger charge is 2.17. The molecular weight excluding hydrogens is 499 g/mol. The number of nitrogens with zero attached hydrogens (tertiary/aromatic N) is 3. The molecule has 0 atom stereocenters. The van der Waals surface area contributed by atoms with Crippen LogP contribution in [0.1, 0.15) is 0 Å². The van der Waals surface area contributed by atoms with Gasteiger partial charge < -0.3 is 9.13 Å². The Morgan fingerprint density at radius 1 is 0.722 bits per heavy atom. The first-order valence-corrected chi connectivity index (χ1v) is 14.4. The van der Waals surface area contributed by atoms with E-state index in [9.17, 15) is 0 Å². The highest BCUT2D eigenvalue weighted by Crippen LogP contribution is 2.42. The van der Waals surface area contributed by atoms with Crippen molar-refractivity contribution in [1.82, 2.24) is 14.1 Å². The highest BCUT2D eigenvalue weighted by molar-refractivity contribution is 7.37. The fourth-order valence-electron chi connectivity index (χ4n) is 5.32. The molecule has 0 fully saturated rings. The van der Waals surface area contributed by atoms with E-state index in [2.05, 4.69) is 98.6 Å². The van der Waals surface area contributed by atoms with Gasteiger partial charge in [0.05, 0.1) is 27.1 Å². The van der Waals surface area contributed by atoms with Crippen LogP contribution >= 0.6 is 34.0 Å². The Bertz CT molecular complexity index is 2080. The molecule has 0 aliphatic carbocycles. The quantitative estimate of drug-likeness (QED) is 0.229. The van der Waals surface area contributed by atoms with Crippen LogP contribution in [-0.2, 0) is 7.05 Å². The number of imidazole rings is 1. The van der Waals surface area contributed by atoms with E-state index in [1.807, 2.05) is 40.6 Å². The summed E-state index contributed by atoms with van der Waals surface area (Å²) in [6.07, 6.45) is 3.96. The maximum absolute atomic E-state index is 4.64. The number of para-hydroxylation sites is 1. The van der Waals surface area contributed by atoms with E-state index in [0.29, 0.717) is 0 Å². The Kier molecular flexibility index (Phi) is 4.35. The first kappa shape index (κ1) is 20.5. The Hall–Kier alpha value is -3.71. The van der Waals surface area contributed by atoms with Crippen molar-refractivity contribution in [3.63, 3.8) is 0 Å². The summed E-state index contributed by atoms with van der Waals surface area (Å²) < 4.78 is 7.10. The lowest BCUT2D eigenvalue weighted by molar-refractivity contribution is 0.913. The third-order valence-corrected chi connectivity index (χ3v) is 9.98. The van der Waals surface area contributed by atoms with E-state index < -0.39 is 0 Å². The maximum atomic E-state index is 4.64. The molecule has 0 amide bonds. The van der Waals surface area contributed by atoms with E-state index in [4.69, 9.17) is 0 Å². The average Bonchev–Trinajstić information content (AvgIpc) is 3.70. The number of rotatable bonds is 3. The van der Waals surface area contributed by atoms with E-state index in [1.165, 1.54) is 63.7 Å². The molecule has 0 saturated heterocycles. The molecule has 0 aliphatic heterocycles. The topological polar surface area (TPSA) is 22.8 Å². The molecule has 5 heterocycles. The van der Waals surface area contributed by atoms with Gasteiger partial charge in [0.1, 0.15) is 0 Å². The van der Waals surface area contributed by atoms with Crippen LogP contribution in [0.15, 0.2) is 95.4 Å². The van der Waals surface area contributed by atoms with Gasteiger partial charge in [0, 0.05) is 67.1 Å². The zero-order chi connectivity index (χ0) is 23.8. The molecule has 8 aromatic rings. The molecular formula is C30H19N3S3. The predicted molar refractivity (Wildman–Crippen MR) is 157 cm³/mol. The van der Waals surface area contributed by atoms with Crippen LogP contribution in [-0.4, -0.2) is 14.1 Å². The summed E-state index contributed by atoms with van der Waals surface area (Å²) in [4.78, 5) is 4.64. The summed E-state index contributed by atoms with van der Waals surface area (Å²) in [7, 11) is 2.02. The van der Waals surface area contributed by atoms with Gasteiger partial charge in [-0.3, -0.25) is 0 Å². The normalized spacial score (nSPS) is 12.0. The van der Waals surface area contributed by atoms with E-state index in [0.717, 1.165) is 5.69 Å². The second-order valence-electron chi connectivity index (χ2n) is 9.11. The molecule has 6 heteroatoms. The molecule has 0 spiro atoms. The van der Waals surface area contributed by atoms with Gasteiger partial charge in [0.25, 0.3) is 0 Å². The molecule has 36 heavy (non-hydrogen) atoms. The number of aromatic nitrogens is 3. The average molecular weight is 518 g/mol. The van der Waals surface area contributed by atoms with Gasteiger partial charge in [-0.05, 0) is 47.3 Å². The zero-order valence-corrected chi connectivity index (χ0v) is 21.8. The van der Waals surface area contributed by atoms with Gasteiger partial charge in [-0.1, -0.05) is 30.3 Å². The smallest absolute Gasteiger partial charge is 0.0951 e. The minimum Gasteiger partial charge on any atom is -0.340 e. The predicted octanol–water partition coefficient (Wildman–Crippen LogP) is 9.34. The molecule has 0 N–H and O–H groups in total. The third kappa shape index (κ3) is 2.92. The van der Waals surface area contributed by atoms with Crippen LogP contribution in [0.4, 0.5) is 0 Å². The SMILES string of the molecule is Cn1cnc(-c2csc3cc4c5ccccc5n(-c5cccc(-c6csc7sccc67)c5)c4cc23)c1. The first-order chi connectivity index (χ1) is 17.7. The molecule has 0 saturated carbocycles. The van der Waals surface area contributed by atoms with E-state index in [1.54, 1.807) is 11.3 Å². The van der Waals surface area contributed by atoms with Crippen molar-refractivity contribution in [3.05, 3.63) is 95.4 Å². The Morgan fingerprint density at radius 3 is 2.56 bits per heavy atom. The molecule has 3 aromatic carbocycles. The lowest BCUT2D eigenvalue weighted by Gasteiger charge is -2.10. The molecule has 3 nitrogen and oxygen atoms in total. The summed E-state index contributed by atoms with van der Waals surface area (Å²) in [5.41, 5.74) is 8.42. The molecule has 0 radical (unpaired) electrons. The number of benzene rings is 3. The van der Waals surface area contributed by atoms with Gasteiger partial charge in [-0.25, -0.2) is 4.98 Å². The summed E-state index contributed by atoms with van der Waals surface area (Å²) in [5, 5.41) is 11.9. The fourth-order valence-corrected chi connectivity index (χ4v) is 8.25. The van der Waals surface area contributed by atoms with Crippen LogP contribution in [0.5, 0.6) is 0 Å². The number of fused-ring (bicyclic) bond motifs is 5. The highest BCUT2D eigenvalue weighted by atomic mass is 32.2. The van der Waals surface area contributed by atoms with Crippen LogP contribution in [0.2, 0.25) is 0 Å². The molecule has 5 aromatic heterocycles. The first-order valence-electron chi connectivity index (χ1n) is 11.7. The van der Waals surface area contributed by atoms with Gasteiger partial charge in [0.15, 0.2) is 0 Å². The minimum absolute atomic E-state index is 1.02. The van der Waals surface area contributed by atoms with Gasteiger partial charge in [-0.15, -0.1) is 34.0 Å². The number of hydrogen-bond donors (Lipinski definition) is 0. The molecule has 8 rings (SSSR count). The number of thiophene rings is 3. The number of aryl methyl sites for hydroxylation is 1. The fraction of sp³-hybridized carbons (Fsp3) is 0.0333. The van der Waals surface area contributed by atoms with Crippen molar-refractivity contribution in [2.24, 2.45) is 7.05 Å². The monoisotopic (exact) mass is 517 g/mol. The maximum Gasteiger partial charge on any atom is 0.0951 e. The van der Waals surface area contributed by atoms with Crippen molar-refractivity contribution in [2.75, 3.05) is 0 Å². The van der Waals surface area contributed by atoms with Crippen LogP contribution in [0, 0.1) is 0 Å². The molecule has 0 unspecified atom stereocenters. The van der Waals surface area contributed by atoms with Crippen molar-refractivity contribution in [1.29, 1.82) is 0 Å². The van der Waals surface area contributed by atoms with E-state index in [-0.39, 0.29) is 0 Å². The van der Waals surface area contributed by atoms with Gasteiger partial charge in [-0.2, -0.15) is 0 Å². The third-order valence-electron chi connectivity index (χ3n) is 6.97. The largest absolute Gasteiger partial charge is 0.340 e. The van der Waals surface area contributed by atoms with Gasteiger partial charge >= 0.3 is 0 Å². The van der Waals surface area contributed by atoms with E-state index >= 15 is 0 Å². The van der Waals surface area contributed by atoms with Crippen molar-refractivity contribution >= 4 is 75.3 Å². The second kappa shape index (κ2) is 7.64. The standard InChI is InChI=1S/C30H19N3S3/c1-32-14-26(31-17-32)25-16-35-29-13-22-20-7-2-3-8-27(20)33(28(22)12-23(25)29)19-6-4-5-18(11-19)24-15-36-30-21(24)9-10-34-30/h2-17H,1H3. The molecule has 0 aliphatic rings. The van der Waals surface area contributed by atoms with Crippen LogP contribution < -0.4 is 0 Å². The van der Waals surface area contributed by atoms with Crippen LogP contribution in [0.3, 0.4) is 0 Å². The molecule has 0 bridgehead atoms. The van der Waals surface area contributed by atoms with Gasteiger partial charge in [0.2, 0.25) is 0 Å². The lowest BCUT2D eigenvalue weighted by atomic mass is 10.1.